The van der Waals surface area contributed by atoms with Gasteiger partial charge in [0.1, 0.15) is 11.5 Å². The van der Waals surface area contributed by atoms with Crippen LogP contribution in [0.1, 0.15) is 40.4 Å². The lowest BCUT2D eigenvalue weighted by Crippen LogP contribution is -2.36. The number of hydrogen-bond donors (Lipinski definition) is 4. The number of hydrogen-bond acceptors (Lipinski definition) is 5. The molecule has 1 aromatic heterocycles. The Labute approximate surface area is 156 Å². The number of benzene rings is 2. The van der Waals surface area contributed by atoms with Gasteiger partial charge in [-0.15, -0.1) is 0 Å². The van der Waals surface area contributed by atoms with Crippen molar-refractivity contribution in [3.63, 3.8) is 0 Å². The molecule has 136 valence electrons. The molecule has 4 N–H and O–H groups in total. The van der Waals surface area contributed by atoms with Crippen LogP contribution in [0.2, 0.25) is 0 Å². The molecule has 6 nitrogen and oxygen atoms in total. The fourth-order valence-corrected chi connectivity index (χ4v) is 3.01. The number of pyridine rings is 1. The second-order valence-corrected chi connectivity index (χ2v) is 6.65. The summed E-state index contributed by atoms with van der Waals surface area (Å²) < 4.78 is 0. The topological polar surface area (TPSA) is 94.5 Å². The minimum atomic E-state index is -0.310. The summed E-state index contributed by atoms with van der Waals surface area (Å²) in [4.78, 5) is 17.5. The maximum Gasteiger partial charge on any atom is 0.270 e. The number of nitrogens with one attached hydrogen (secondary N) is 2. The van der Waals surface area contributed by atoms with Crippen LogP contribution >= 0.6 is 0 Å². The molecule has 0 radical (unpaired) electrons. The molecule has 1 aliphatic carbocycles. The van der Waals surface area contributed by atoms with Gasteiger partial charge in [-0.05, 0) is 37.1 Å². The molecule has 1 amide bonds. The lowest BCUT2D eigenvalue weighted by molar-refractivity contribution is 0.0944. The highest BCUT2D eigenvalue weighted by Gasteiger charge is 2.27. The molecule has 3 aromatic rings. The Morgan fingerprint density at radius 1 is 1.04 bits per heavy atom. The van der Waals surface area contributed by atoms with Crippen molar-refractivity contribution < 1.29 is 15.0 Å². The lowest BCUT2D eigenvalue weighted by atomic mass is 10.1. The van der Waals surface area contributed by atoms with Gasteiger partial charge in [-0.3, -0.25) is 20.6 Å². The number of hydrazine groups is 1. The van der Waals surface area contributed by atoms with E-state index >= 15 is 0 Å². The number of amides is 1. The number of fused-ring (bicyclic) bond motifs is 1. The summed E-state index contributed by atoms with van der Waals surface area (Å²) in [6, 6.07) is 13.6. The number of carbonyl (C=O) groups excluding carboxylic acids is 1. The van der Waals surface area contributed by atoms with Gasteiger partial charge in [0.25, 0.3) is 5.91 Å². The smallest absolute Gasteiger partial charge is 0.270 e. The molecule has 6 heteroatoms. The quantitative estimate of drug-likeness (QED) is 0.522. The maximum atomic E-state index is 12.8. The van der Waals surface area contributed by atoms with Gasteiger partial charge in [-0.1, -0.05) is 24.8 Å². The van der Waals surface area contributed by atoms with Crippen LogP contribution < -0.4 is 10.9 Å². The highest BCUT2D eigenvalue weighted by Crippen LogP contribution is 2.40. The Kier molecular flexibility index (Phi) is 4.16. The van der Waals surface area contributed by atoms with Gasteiger partial charge < -0.3 is 10.2 Å². The summed E-state index contributed by atoms with van der Waals surface area (Å²) in [6.07, 6.45) is 2.20. The Balaban J connectivity index is 1.57. The van der Waals surface area contributed by atoms with E-state index in [1.165, 1.54) is 18.2 Å². The predicted octanol–water partition coefficient (Wildman–Crippen LogP) is 3.43. The number of nitrogens with zero attached hydrogens (tertiary/aromatic N) is 1. The Bertz CT molecular complexity index is 1060. The van der Waals surface area contributed by atoms with Gasteiger partial charge in [-0.2, -0.15) is 0 Å². The second kappa shape index (κ2) is 6.64. The zero-order chi connectivity index (χ0) is 19.0. The largest absolute Gasteiger partial charge is 0.508 e. The molecule has 1 saturated carbocycles. The molecule has 0 bridgehead atoms. The maximum absolute atomic E-state index is 12.8. The molecule has 1 heterocycles. The van der Waals surface area contributed by atoms with Crippen molar-refractivity contribution in [1.29, 1.82) is 0 Å². The van der Waals surface area contributed by atoms with Crippen LogP contribution in [0.4, 0.5) is 0 Å². The number of phenols is 2. The molecule has 27 heavy (non-hydrogen) atoms. The average molecular weight is 361 g/mol. The number of carbonyl (C=O) groups is 1. The predicted molar refractivity (Wildman–Crippen MR) is 103 cm³/mol. The summed E-state index contributed by atoms with van der Waals surface area (Å²) in [5.41, 5.74) is 8.32. The van der Waals surface area contributed by atoms with Crippen molar-refractivity contribution in [2.45, 2.75) is 18.8 Å². The monoisotopic (exact) mass is 361 g/mol. The minimum absolute atomic E-state index is 0.0519. The lowest BCUT2D eigenvalue weighted by Gasteiger charge is -2.14. The Morgan fingerprint density at radius 3 is 2.56 bits per heavy atom. The number of aromatic nitrogens is 1. The van der Waals surface area contributed by atoms with Gasteiger partial charge in [0.2, 0.25) is 0 Å². The van der Waals surface area contributed by atoms with Crippen LogP contribution in [0.3, 0.4) is 0 Å². The normalized spacial score (nSPS) is 13.3. The van der Waals surface area contributed by atoms with Crippen molar-refractivity contribution in [3.8, 4) is 11.5 Å². The Morgan fingerprint density at radius 2 is 1.81 bits per heavy atom. The molecule has 4 rings (SSSR count). The molecule has 0 unspecified atom stereocenters. The third kappa shape index (κ3) is 3.42. The Hall–Kier alpha value is -3.54. The summed E-state index contributed by atoms with van der Waals surface area (Å²) in [7, 11) is 0. The fraction of sp³-hybridized carbons (Fsp3) is 0.143. The van der Waals surface area contributed by atoms with Crippen molar-refractivity contribution in [3.05, 3.63) is 71.9 Å². The van der Waals surface area contributed by atoms with E-state index in [1.54, 1.807) is 0 Å². The first-order valence-corrected chi connectivity index (χ1v) is 8.70. The van der Waals surface area contributed by atoms with Gasteiger partial charge in [-0.25, -0.2) is 0 Å². The zero-order valence-electron chi connectivity index (χ0n) is 14.6. The first kappa shape index (κ1) is 16.9. The summed E-state index contributed by atoms with van der Waals surface area (Å²) >= 11 is 0. The number of aromatic hydroxyl groups is 2. The molecule has 1 fully saturated rings. The minimum Gasteiger partial charge on any atom is -0.508 e. The summed E-state index contributed by atoms with van der Waals surface area (Å²) in [5.74, 6) is -0.0657. The van der Waals surface area contributed by atoms with Crippen LogP contribution in [0, 0.1) is 0 Å². The number of rotatable bonds is 5. The second-order valence-electron chi connectivity index (χ2n) is 6.65. The molecular formula is C21H19N3O3. The summed E-state index contributed by atoms with van der Waals surface area (Å²) in [5, 5.41) is 20.1. The van der Waals surface area contributed by atoms with E-state index in [0.29, 0.717) is 22.7 Å². The van der Waals surface area contributed by atoms with Gasteiger partial charge in [0, 0.05) is 28.6 Å². The van der Waals surface area contributed by atoms with Crippen molar-refractivity contribution in [1.82, 2.24) is 15.8 Å². The van der Waals surface area contributed by atoms with E-state index in [4.69, 9.17) is 0 Å². The van der Waals surface area contributed by atoms with Crippen molar-refractivity contribution in [2.75, 3.05) is 0 Å². The highest BCUT2D eigenvalue weighted by molar-refractivity contribution is 6.06. The fourth-order valence-electron chi connectivity index (χ4n) is 3.01. The van der Waals surface area contributed by atoms with Crippen LogP contribution in [0.25, 0.3) is 16.6 Å². The molecular weight excluding hydrogens is 342 g/mol. The third-order valence-corrected chi connectivity index (χ3v) is 4.61. The molecule has 0 atom stereocenters. The molecule has 0 saturated heterocycles. The van der Waals surface area contributed by atoms with Crippen LogP contribution in [-0.2, 0) is 0 Å². The van der Waals surface area contributed by atoms with E-state index in [0.717, 1.165) is 29.4 Å². The number of phenolic OH excluding ortho intramolecular Hbond substituents is 2. The van der Waals surface area contributed by atoms with E-state index in [1.807, 2.05) is 30.3 Å². The van der Waals surface area contributed by atoms with Gasteiger partial charge >= 0.3 is 0 Å². The number of para-hydroxylation sites is 1. The highest BCUT2D eigenvalue weighted by atomic mass is 16.3. The van der Waals surface area contributed by atoms with Crippen LogP contribution in [-0.4, -0.2) is 21.1 Å². The summed E-state index contributed by atoms with van der Waals surface area (Å²) in [6.45, 7) is 3.82. The average Bonchev–Trinajstić information content (AvgIpc) is 3.50. The van der Waals surface area contributed by atoms with E-state index < -0.39 is 0 Å². The van der Waals surface area contributed by atoms with Gasteiger partial charge in [0.05, 0.1) is 16.8 Å². The van der Waals surface area contributed by atoms with Crippen LogP contribution in [0.5, 0.6) is 11.5 Å². The first-order chi connectivity index (χ1) is 13.0. The molecule has 0 aliphatic heterocycles. The van der Waals surface area contributed by atoms with E-state index in [-0.39, 0.29) is 17.4 Å². The third-order valence-electron chi connectivity index (χ3n) is 4.61. The van der Waals surface area contributed by atoms with Crippen molar-refractivity contribution >= 4 is 22.5 Å². The first-order valence-electron chi connectivity index (χ1n) is 8.70. The molecule has 1 aliphatic rings. The van der Waals surface area contributed by atoms with Gasteiger partial charge in [0.15, 0.2) is 0 Å². The molecule has 0 spiro atoms. The van der Waals surface area contributed by atoms with Crippen molar-refractivity contribution in [2.24, 2.45) is 0 Å². The zero-order valence-corrected chi connectivity index (χ0v) is 14.6. The molecule has 2 aromatic carbocycles. The SMILES string of the molecule is C=C(NNC(=O)c1cc(C2CC2)nc2ccccc12)c1ccc(O)cc1O. The van der Waals surface area contributed by atoms with E-state index in [2.05, 4.69) is 22.4 Å². The van der Waals surface area contributed by atoms with E-state index in [9.17, 15) is 15.0 Å². The van der Waals surface area contributed by atoms with Crippen LogP contribution in [0.15, 0.2) is 55.1 Å². The standard InChI is InChI=1S/C21H19N3O3/c1-12(15-9-8-14(25)10-20(15)26)23-24-21(27)17-11-19(13-6-7-13)22-18-5-3-2-4-16(17)18/h2-5,8-11,13,23,25-26H,1,6-7H2,(H,24,27).